The minimum atomic E-state index is -0.261. The van der Waals surface area contributed by atoms with E-state index in [9.17, 15) is 9.59 Å². The van der Waals surface area contributed by atoms with Crippen LogP contribution in [0.1, 0.15) is 23.9 Å². The summed E-state index contributed by atoms with van der Waals surface area (Å²) in [6.07, 6.45) is 3.13. The van der Waals surface area contributed by atoms with E-state index >= 15 is 0 Å². The Balaban J connectivity index is 1.46. The van der Waals surface area contributed by atoms with Crippen LogP contribution in [0.5, 0.6) is 0 Å². The van der Waals surface area contributed by atoms with Gasteiger partial charge in [-0.05, 0) is 37.1 Å². The number of hydrogen-bond acceptors (Lipinski definition) is 5. The lowest BCUT2D eigenvalue weighted by molar-refractivity contribution is -0.132. The number of para-hydroxylation sites is 3. The molecule has 1 amide bonds. The van der Waals surface area contributed by atoms with Gasteiger partial charge in [0, 0.05) is 6.54 Å². The zero-order valence-corrected chi connectivity index (χ0v) is 15.9. The maximum atomic E-state index is 13.1. The molecule has 140 valence electrons. The molecule has 0 unspecified atom stereocenters. The van der Waals surface area contributed by atoms with E-state index in [0.29, 0.717) is 17.6 Å². The molecule has 6 nitrogen and oxygen atoms in total. The number of fused-ring (bicyclic) bond motifs is 2. The van der Waals surface area contributed by atoms with E-state index in [4.69, 9.17) is 4.98 Å². The zero-order chi connectivity index (χ0) is 19.1. The first-order valence-corrected chi connectivity index (χ1v) is 10.1. The second-order valence-electron chi connectivity index (χ2n) is 6.94. The highest BCUT2D eigenvalue weighted by molar-refractivity contribution is 7.18. The second kappa shape index (κ2) is 6.83. The normalized spacial score (nSPS) is 16.9. The van der Waals surface area contributed by atoms with Gasteiger partial charge in [-0.3, -0.25) is 14.2 Å². The predicted molar refractivity (Wildman–Crippen MR) is 109 cm³/mol. The fourth-order valence-electron chi connectivity index (χ4n) is 3.86. The molecule has 0 saturated carbocycles. The van der Waals surface area contributed by atoms with E-state index in [1.54, 1.807) is 11.3 Å². The van der Waals surface area contributed by atoms with Crippen molar-refractivity contribution < 1.29 is 4.79 Å². The number of aromatic nitrogens is 3. The monoisotopic (exact) mass is 390 g/mol. The molecule has 1 aliphatic heterocycles. The summed E-state index contributed by atoms with van der Waals surface area (Å²) in [4.78, 5) is 36.3. The molecule has 1 saturated heterocycles. The number of nitrogens with zero attached hydrogens (tertiary/aromatic N) is 4. The summed E-state index contributed by atoms with van der Waals surface area (Å²) in [5.41, 5.74) is 2.10. The molecule has 28 heavy (non-hydrogen) atoms. The Hall–Kier alpha value is -3.06. The Labute approximate surface area is 165 Å². The van der Waals surface area contributed by atoms with Crippen molar-refractivity contribution in [2.75, 3.05) is 6.54 Å². The van der Waals surface area contributed by atoms with Crippen LogP contribution in [0, 0.1) is 0 Å². The third-order valence-corrected chi connectivity index (χ3v) is 6.35. The van der Waals surface area contributed by atoms with E-state index in [1.807, 2.05) is 47.4 Å². The molecule has 0 N–H and O–H groups in total. The molecule has 0 aliphatic carbocycles. The Morgan fingerprint density at radius 3 is 2.75 bits per heavy atom. The third kappa shape index (κ3) is 2.88. The van der Waals surface area contributed by atoms with Gasteiger partial charge in [-0.1, -0.05) is 24.3 Å². The number of hydrogen-bond donors (Lipinski definition) is 0. The molecule has 0 bridgehead atoms. The molecule has 1 fully saturated rings. The smallest absolute Gasteiger partial charge is 0.269 e. The Morgan fingerprint density at radius 2 is 1.89 bits per heavy atom. The number of rotatable bonds is 3. The van der Waals surface area contributed by atoms with Gasteiger partial charge in [0.25, 0.3) is 5.56 Å². The third-order valence-electron chi connectivity index (χ3n) is 5.21. The molecule has 3 heterocycles. The number of carbonyl (C=O) groups is 1. The molecular weight excluding hydrogens is 372 g/mol. The number of likely N-dealkylation sites (tertiary alicyclic amines) is 1. The van der Waals surface area contributed by atoms with Crippen molar-refractivity contribution in [2.45, 2.75) is 25.4 Å². The number of thiazole rings is 1. The summed E-state index contributed by atoms with van der Waals surface area (Å²) in [7, 11) is 0. The van der Waals surface area contributed by atoms with Gasteiger partial charge in [-0.2, -0.15) is 0 Å². The first-order chi connectivity index (χ1) is 13.7. The van der Waals surface area contributed by atoms with E-state index in [0.717, 1.165) is 28.1 Å². The van der Waals surface area contributed by atoms with Crippen LogP contribution in [0.4, 0.5) is 0 Å². The average molecular weight is 390 g/mol. The quantitative estimate of drug-likeness (QED) is 0.538. The molecule has 2 aromatic carbocycles. The van der Waals surface area contributed by atoms with E-state index < -0.39 is 0 Å². The van der Waals surface area contributed by atoms with Crippen molar-refractivity contribution in [1.29, 1.82) is 0 Å². The highest BCUT2D eigenvalue weighted by Gasteiger charge is 2.32. The summed E-state index contributed by atoms with van der Waals surface area (Å²) in [5, 5.41) is 0.971. The molecule has 7 heteroatoms. The Morgan fingerprint density at radius 1 is 1.11 bits per heavy atom. The van der Waals surface area contributed by atoms with Crippen LogP contribution in [0.15, 0.2) is 59.5 Å². The van der Waals surface area contributed by atoms with Crippen LogP contribution in [0.3, 0.4) is 0 Å². The lowest BCUT2D eigenvalue weighted by atomic mass is 10.2. The van der Waals surface area contributed by atoms with Crippen LogP contribution < -0.4 is 5.56 Å². The summed E-state index contributed by atoms with van der Waals surface area (Å²) in [6, 6.07) is 15.4. The molecule has 0 spiro atoms. The largest absolute Gasteiger partial charge is 0.332 e. The molecule has 1 aliphatic rings. The zero-order valence-electron chi connectivity index (χ0n) is 15.1. The SMILES string of the molecule is O=C(Cn1c(=O)cnc2ccccc21)N1CCC[C@@H]1c1nc2ccccc2s1. The van der Waals surface area contributed by atoms with Crippen LogP contribution in [0.25, 0.3) is 21.3 Å². The van der Waals surface area contributed by atoms with Crippen molar-refractivity contribution in [1.82, 2.24) is 19.4 Å². The molecular formula is C21H18N4O2S. The van der Waals surface area contributed by atoms with Gasteiger partial charge in [0.1, 0.15) is 11.6 Å². The topological polar surface area (TPSA) is 68.1 Å². The number of carbonyl (C=O) groups excluding carboxylic acids is 1. The van der Waals surface area contributed by atoms with Crippen LogP contribution in [-0.4, -0.2) is 31.9 Å². The highest BCUT2D eigenvalue weighted by atomic mass is 32.1. The molecule has 4 aromatic rings. The molecule has 5 rings (SSSR count). The van der Waals surface area contributed by atoms with Crippen molar-refractivity contribution in [3.05, 3.63) is 70.1 Å². The maximum Gasteiger partial charge on any atom is 0.269 e. The predicted octanol–water partition coefficient (Wildman–Crippen LogP) is 3.37. The summed E-state index contributed by atoms with van der Waals surface area (Å²) in [6.45, 7) is 0.709. The lowest BCUT2D eigenvalue weighted by Crippen LogP contribution is -2.36. The van der Waals surface area contributed by atoms with Gasteiger partial charge in [0.05, 0.1) is 33.5 Å². The minimum Gasteiger partial charge on any atom is -0.332 e. The summed E-state index contributed by atoms with van der Waals surface area (Å²) in [5.74, 6) is -0.0554. The van der Waals surface area contributed by atoms with Crippen molar-refractivity contribution in [3.63, 3.8) is 0 Å². The van der Waals surface area contributed by atoms with Gasteiger partial charge in [-0.25, -0.2) is 9.97 Å². The van der Waals surface area contributed by atoms with Crippen LogP contribution in [0.2, 0.25) is 0 Å². The average Bonchev–Trinajstić information content (AvgIpc) is 3.36. The van der Waals surface area contributed by atoms with Crippen LogP contribution in [-0.2, 0) is 11.3 Å². The van der Waals surface area contributed by atoms with Crippen molar-refractivity contribution in [3.8, 4) is 0 Å². The maximum absolute atomic E-state index is 13.1. The van der Waals surface area contributed by atoms with Crippen molar-refractivity contribution in [2.24, 2.45) is 0 Å². The molecule has 2 aromatic heterocycles. The van der Waals surface area contributed by atoms with E-state index in [1.165, 1.54) is 10.8 Å². The van der Waals surface area contributed by atoms with E-state index in [-0.39, 0.29) is 24.1 Å². The number of amides is 1. The fourth-order valence-corrected chi connectivity index (χ4v) is 4.97. The highest BCUT2D eigenvalue weighted by Crippen LogP contribution is 2.36. The Bertz CT molecular complexity index is 1210. The van der Waals surface area contributed by atoms with Gasteiger partial charge in [0.15, 0.2) is 0 Å². The van der Waals surface area contributed by atoms with Gasteiger partial charge < -0.3 is 4.90 Å². The summed E-state index contributed by atoms with van der Waals surface area (Å²) < 4.78 is 2.64. The van der Waals surface area contributed by atoms with Gasteiger partial charge in [0.2, 0.25) is 5.91 Å². The minimum absolute atomic E-state index is 0.0171. The van der Waals surface area contributed by atoms with Crippen LogP contribution >= 0.6 is 11.3 Å². The van der Waals surface area contributed by atoms with Gasteiger partial charge in [-0.15, -0.1) is 11.3 Å². The molecule has 0 radical (unpaired) electrons. The standard InChI is InChI=1S/C21H18N4O2S/c26-19-12-22-14-6-1-3-8-16(14)25(19)13-20(27)24-11-5-9-17(24)21-23-15-7-2-4-10-18(15)28-21/h1-4,6-8,10,12,17H,5,9,11,13H2/t17-/m1/s1. The van der Waals surface area contributed by atoms with E-state index in [2.05, 4.69) is 11.1 Å². The first kappa shape index (κ1) is 17.1. The Kier molecular flexibility index (Phi) is 4.16. The second-order valence-corrected chi connectivity index (χ2v) is 8.00. The van der Waals surface area contributed by atoms with Gasteiger partial charge >= 0.3 is 0 Å². The first-order valence-electron chi connectivity index (χ1n) is 9.30. The number of benzene rings is 2. The fraction of sp³-hybridized carbons (Fsp3) is 0.238. The van der Waals surface area contributed by atoms with Crippen molar-refractivity contribution >= 4 is 38.5 Å². The molecule has 1 atom stereocenters. The lowest BCUT2D eigenvalue weighted by Gasteiger charge is -2.23. The summed E-state index contributed by atoms with van der Waals surface area (Å²) >= 11 is 1.64.